The number of nitrogens with one attached hydrogen (secondary N) is 1. The third-order valence-electron chi connectivity index (χ3n) is 9.33. The quantitative estimate of drug-likeness (QED) is 0.0891. The molecule has 0 saturated carbocycles. The summed E-state index contributed by atoms with van der Waals surface area (Å²) in [5.74, 6) is -1.56. The van der Waals surface area contributed by atoms with Crippen LogP contribution in [0.15, 0.2) is 36.0 Å². The number of aliphatic hydroxyl groups excluding tert-OH is 2. The van der Waals surface area contributed by atoms with Gasteiger partial charge in [-0.2, -0.15) is 0 Å². The Bertz CT molecular complexity index is 1160. The number of nitrogens with zero attached hydrogens (tertiary/aromatic N) is 1. The fourth-order valence-corrected chi connectivity index (χ4v) is 6.19. The van der Waals surface area contributed by atoms with Gasteiger partial charge in [-0.05, 0) is 51.7 Å². The number of amides is 1. The molecule has 2 fully saturated rings. The molecule has 0 aromatic carbocycles. The molecule has 0 radical (unpaired) electrons. The molecule has 0 spiro atoms. The first kappa shape index (κ1) is 38.7. The van der Waals surface area contributed by atoms with Crippen molar-refractivity contribution in [3.8, 4) is 0 Å². The van der Waals surface area contributed by atoms with E-state index in [9.17, 15) is 29.7 Å². The molecule has 0 aromatic heterocycles. The molecular formula is C35H56N2O10. The molecule has 4 N–H and O–H groups in total. The first-order chi connectivity index (χ1) is 22.0. The summed E-state index contributed by atoms with van der Waals surface area (Å²) in [4.78, 5) is 39.9. The second-order valence-corrected chi connectivity index (χ2v) is 13.8. The molecule has 0 aromatic rings. The summed E-state index contributed by atoms with van der Waals surface area (Å²) in [5, 5.41) is 35.1. The first-order valence-electron chi connectivity index (χ1n) is 16.9. The predicted octanol–water partition coefficient (Wildman–Crippen LogP) is 3.19. The van der Waals surface area contributed by atoms with Gasteiger partial charge in [0.25, 0.3) is 0 Å². The van der Waals surface area contributed by atoms with Crippen LogP contribution in [0.25, 0.3) is 0 Å². The monoisotopic (exact) mass is 664 g/mol. The number of ether oxygens (including phenoxy) is 4. The van der Waals surface area contributed by atoms with Crippen molar-refractivity contribution in [2.45, 2.75) is 128 Å². The fraction of sp³-hybridized carbons (Fsp3) is 0.743. The van der Waals surface area contributed by atoms with E-state index in [-0.39, 0.29) is 37.4 Å². The van der Waals surface area contributed by atoms with Crippen LogP contribution in [0.3, 0.4) is 0 Å². The second kappa shape index (κ2) is 17.1. The molecule has 12 heteroatoms. The Morgan fingerprint density at radius 3 is 2.57 bits per heavy atom. The van der Waals surface area contributed by atoms with E-state index in [1.165, 1.54) is 6.92 Å². The van der Waals surface area contributed by atoms with Crippen molar-refractivity contribution < 1.29 is 48.7 Å². The highest BCUT2D eigenvalue weighted by molar-refractivity contribution is 5.71. The average molecular weight is 665 g/mol. The van der Waals surface area contributed by atoms with Gasteiger partial charge in [-0.25, -0.2) is 4.79 Å². The van der Waals surface area contributed by atoms with Gasteiger partial charge in [-0.3, -0.25) is 9.59 Å². The van der Waals surface area contributed by atoms with Crippen LogP contribution in [0.1, 0.15) is 80.6 Å². The van der Waals surface area contributed by atoms with Crippen LogP contribution in [0.5, 0.6) is 0 Å². The minimum Gasteiger partial charge on any atom is -0.457 e. The number of rotatable bonds is 10. The maximum Gasteiger partial charge on any atom is 0.410 e. The smallest absolute Gasteiger partial charge is 0.410 e. The third-order valence-corrected chi connectivity index (χ3v) is 9.33. The van der Waals surface area contributed by atoms with E-state index in [2.05, 4.69) is 5.32 Å². The number of allylic oxidation sites excluding steroid dienone is 2. The lowest BCUT2D eigenvalue weighted by molar-refractivity contribution is -0.158. The van der Waals surface area contributed by atoms with Gasteiger partial charge >= 0.3 is 18.0 Å². The number of hydrogen-bond donors (Lipinski definition) is 4. The fourth-order valence-electron chi connectivity index (χ4n) is 6.19. The molecule has 3 rings (SSSR count). The Labute approximate surface area is 279 Å². The Balaban J connectivity index is 1.80. The number of aliphatic hydroxyl groups is 3. The van der Waals surface area contributed by atoms with Gasteiger partial charge in [0, 0.05) is 51.4 Å². The Morgan fingerprint density at radius 1 is 1.26 bits per heavy atom. The lowest BCUT2D eigenvalue weighted by Gasteiger charge is -2.38. The van der Waals surface area contributed by atoms with Crippen LogP contribution in [0.4, 0.5) is 4.79 Å². The lowest BCUT2D eigenvalue weighted by Crippen LogP contribution is -2.52. The normalized spacial score (nSPS) is 34.2. The molecule has 5 unspecified atom stereocenters. The van der Waals surface area contributed by atoms with Gasteiger partial charge in [-0.1, -0.05) is 45.1 Å². The minimum atomic E-state index is -1.32. The average Bonchev–Trinajstić information content (AvgIpc) is 3.77. The summed E-state index contributed by atoms with van der Waals surface area (Å²) >= 11 is 0. The molecule has 47 heavy (non-hydrogen) atoms. The van der Waals surface area contributed by atoms with Crippen LogP contribution >= 0.6 is 0 Å². The molecule has 0 aliphatic carbocycles. The number of piperazine rings is 1. The van der Waals surface area contributed by atoms with Crippen molar-refractivity contribution in [2.24, 2.45) is 11.8 Å². The summed E-state index contributed by atoms with van der Waals surface area (Å²) in [7, 11) is 0. The van der Waals surface area contributed by atoms with Crippen molar-refractivity contribution in [3.63, 3.8) is 0 Å². The molecular weight excluding hydrogens is 608 g/mol. The van der Waals surface area contributed by atoms with Crippen LogP contribution in [-0.2, 0) is 28.5 Å². The predicted molar refractivity (Wildman–Crippen MR) is 175 cm³/mol. The van der Waals surface area contributed by atoms with Gasteiger partial charge in [0.1, 0.15) is 6.10 Å². The lowest BCUT2D eigenvalue weighted by atomic mass is 9.88. The molecule has 3 aliphatic rings. The molecule has 1 amide bonds. The zero-order valence-electron chi connectivity index (χ0n) is 29.0. The summed E-state index contributed by atoms with van der Waals surface area (Å²) in [5.41, 5.74) is -1.80. The van der Waals surface area contributed by atoms with Crippen molar-refractivity contribution in [3.05, 3.63) is 36.0 Å². The van der Waals surface area contributed by atoms with E-state index in [0.29, 0.717) is 44.6 Å². The molecule has 10 atom stereocenters. The zero-order chi connectivity index (χ0) is 34.9. The van der Waals surface area contributed by atoms with Gasteiger partial charge in [-0.15, -0.1) is 0 Å². The van der Waals surface area contributed by atoms with Crippen LogP contribution in [-0.4, -0.2) is 112 Å². The Morgan fingerprint density at radius 2 is 1.94 bits per heavy atom. The van der Waals surface area contributed by atoms with Crippen LogP contribution < -0.4 is 5.32 Å². The van der Waals surface area contributed by atoms with Crippen molar-refractivity contribution in [2.75, 3.05) is 26.2 Å². The molecule has 3 heterocycles. The van der Waals surface area contributed by atoms with Crippen molar-refractivity contribution >= 4 is 18.0 Å². The van der Waals surface area contributed by atoms with E-state index < -0.39 is 59.6 Å². The maximum absolute atomic E-state index is 13.2. The van der Waals surface area contributed by atoms with Gasteiger partial charge in [0.15, 0.2) is 11.7 Å². The third kappa shape index (κ3) is 11.7. The molecule has 0 bridgehead atoms. The minimum absolute atomic E-state index is 0.0201. The van der Waals surface area contributed by atoms with E-state index in [1.807, 2.05) is 20.8 Å². The molecule has 2 saturated heterocycles. The highest BCUT2D eigenvalue weighted by atomic mass is 16.6. The van der Waals surface area contributed by atoms with Crippen LogP contribution in [0, 0.1) is 11.8 Å². The Hall–Kier alpha value is -2.77. The summed E-state index contributed by atoms with van der Waals surface area (Å²) < 4.78 is 23.3. The first-order valence-corrected chi connectivity index (χ1v) is 16.9. The van der Waals surface area contributed by atoms with Gasteiger partial charge in [0.2, 0.25) is 0 Å². The van der Waals surface area contributed by atoms with E-state index in [4.69, 9.17) is 18.9 Å². The van der Waals surface area contributed by atoms with E-state index >= 15 is 0 Å². The van der Waals surface area contributed by atoms with Crippen molar-refractivity contribution in [1.29, 1.82) is 0 Å². The SMILES string of the molecule is CC[C@H](O)[C@@H](C)[C@H]1O[C@@H]1C[C@@](C)(O)/C=C/C=C(\C)C1OC(=O)CC(O)CCC(C)(OC(=O)N2CCNCC2)C(OC(C)=O)/C=C\C1C. The van der Waals surface area contributed by atoms with Gasteiger partial charge < -0.3 is 44.5 Å². The summed E-state index contributed by atoms with van der Waals surface area (Å²) in [6, 6.07) is 0. The number of esters is 2. The highest BCUT2D eigenvalue weighted by Crippen LogP contribution is 2.37. The number of epoxide rings is 1. The molecule has 12 nitrogen and oxygen atoms in total. The number of cyclic esters (lactones) is 1. The number of carbonyl (C=O) groups is 3. The maximum atomic E-state index is 13.2. The largest absolute Gasteiger partial charge is 0.457 e. The molecule has 3 aliphatic heterocycles. The highest BCUT2D eigenvalue weighted by Gasteiger charge is 2.47. The van der Waals surface area contributed by atoms with E-state index in [1.54, 1.807) is 56.1 Å². The van der Waals surface area contributed by atoms with Crippen molar-refractivity contribution in [1.82, 2.24) is 10.2 Å². The summed E-state index contributed by atoms with van der Waals surface area (Å²) in [6.45, 7) is 14.4. The van der Waals surface area contributed by atoms with E-state index in [0.717, 1.165) is 0 Å². The number of hydrogen-bond acceptors (Lipinski definition) is 11. The zero-order valence-corrected chi connectivity index (χ0v) is 29.0. The number of carbonyl (C=O) groups excluding carboxylic acids is 3. The Kier molecular flexibility index (Phi) is 14.0. The topological polar surface area (TPSA) is 167 Å². The van der Waals surface area contributed by atoms with Crippen LogP contribution in [0.2, 0.25) is 0 Å². The summed E-state index contributed by atoms with van der Waals surface area (Å²) in [6.07, 6.45) is 5.52. The second-order valence-electron chi connectivity index (χ2n) is 13.8. The standard InChI is InChI=1S/C35H56N2O10/c1-8-27(40)24(4)32-28(45-32)21-34(6,43)14-9-10-22(2)31-23(3)11-12-29(44-25(5)38)35(7,15-13-26(39)20-30(41)46-31)47-33(42)37-18-16-36-17-19-37/h9-12,14,23-24,26-29,31-32,36,39-40,43H,8,13,15-21H2,1-7H3/b12-11-,14-9+,22-10+/t23?,24-,26?,27+,28-,29?,31?,32-,34+,35?/m1/s1. The molecule has 266 valence electrons. The van der Waals surface area contributed by atoms with Gasteiger partial charge in [0.05, 0.1) is 36.4 Å².